The van der Waals surface area contributed by atoms with E-state index in [1.807, 2.05) is 24.3 Å². The first-order chi connectivity index (χ1) is 9.20. The van der Waals surface area contributed by atoms with Gasteiger partial charge >= 0.3 is 0 Å². The van der Waals surface area contributed by atoms with Gasteiger partial charge in [-0.25, -0.2) is 0 Å². The molecule has 0 aliphatic carbocycles. The van der Waals surface area contributed by atoms with Crippen molar-refractivity contribution >= 4 is 28.9 Å². The Kier molecular flexibility index (Phi) is 3.40. The van der Waals surface area contributed by atoms with Crippen molar-refractivity contribution < 1.29 is 0 Å². The van der Waals surface area contributed by atoms with Gasteiger partial charge < -0.3 is 11.1 Å². The summed E-state index contributed by atoms with van der Waals surface area (Å²) in [5, 5.41) is 4.80. The molecule has 1 aliphatic rings. The van der Waals surface area contributed by atoms with Gasteiger partial charge in [0.2, 0.25) is 0 Å². The van der Waals surface area contributed by atoms with E-state index in [1.54, 1.807) is 6.07 Å². The van der Waals surface area contributed by atoms with Gasteiger partial charge in [0.25, 0.3) is 0 Å². The van der Waals surface area contributed by atoms with E-state index in [2.05, 4.69) is 17.4 Å². The monoisotopic (exact) mass is 292 g/mol. The van der Waals surface area contributed by atoms with Crippen LogP contribution < -0.4 is 11.1 Å². The molecule has 0 fully saturated rings. The van der Waals surface area contributed by atoms with E-state index < -0.39 is 0 Å². The first-order valence-corrected chi connectivity index (χ1v) is 6.97. The van der Waals surface area contributed by atoms with E-state index in [1.165, 1.54) is 5.56 Å². The Labute approximate surface area is 122 Å². The smallest absolute Gasteiger partial charge is 0.0494 e. The average Bonchev–Trinajstić information content (AvgIpc) is 2.77. The highest BCUT2D eigenvalue weighted by atomic mass is 35.5. The number of hydrogen-bond donors (Lipinski definition) is 2. The van der Waals surface area contributed by atoms with Crippen LogP contribution in [0.3, 0.4) is 0 Å². The van der Waals surface area contributed by atoms with Crippen molar-refractivity contribution in [2.45, 2.75) is 12.0 Å². The van der Waals surface area contributed by atoms with Gasteiger partial charge in [0.15, 0.2) is 0 Å². The van der Waals surface area contributed by atoms with Gasteiger partial charge in [-0.05, 0) is 29.3 Å². The number of fused-ring (bicyclic) bond motifs is 1. The zero-order chi connectivity index (χ0) is 13.4. The number of hydrogen-bond acceptors (Lipinski definition) is 2. The second-order valence-electron chi connectivity index (χ2n) is 4.72. The predicted octanol–water partition coefficient (Wildman–Crippen LogP) is 3.88. The van der Waals surface area contributed by atoms with Crippen LogP contribution in [0.25, 0.3) is 0 Å². The standard InChI is InChI=1S/C15H14Cl2N2/c16-9-5-6-10(12(17)7-9)15-11-3-1-2-4-13(11)19-14(15)8-18/h1-7,14-15,19H,8,18H2. The Balaban J connectivity index is 2.11. The molecule has 4 heteroatoms. The summed E-state index contributed by atoms with van der Waals surface area (Å²) < 4.78 is 0. The van der Waals surface area contributed by atoms with Gasteiger partial charge in [0, 0.05) is 34.2 Å². The second kappa shape index (κ2) is 5.04. The summed E-state index contributed by atoms with van der Waals surface area (Å²) in [6.07, 6.45) is 0. The Morgan fingerprint density at radius 2 is 1.84 bits per heavy atom. The van der Waals surface area contributed by atoms with Crippen LogP contribution in [0.2, 0.25) is 10.0 Å². The fourth-order valence-corrected chi connectivity index (χ4v) is 3.26. The Bertz CT molecular complexity index is 613. The maximum Gasteiger partial charge on any atom is 0.0494 e. The predicted molar refractivity (Wildman–Crippen MR) is 81.2 cm³/mol. The van der Waals surface area contributed by atoms with E-state index >= 15 is 0 Å². The minimum absolute atomic E-state index is 0.163. The first-order valence-electron chi connectivity index (χ1n) is 6.21. The lowest BCUT2D eigenvalue weighted by molar-refractivity contribution is 0.676. The molecule has 2 aromatic carbocycles. The maximum absolute atomic E-state index is 6.35. The van der Waals surface area contributed by atoms with Crippen molar-refractivity contribution in [1.82, 2.24) is 0 Å². The lowest BCUT2D eigenvalue weighted by atomic mass is 9.88. The lowest BCUT2D eigenvalue weighted by Gasteiger charge is -2.20. The number of benzene rings is 2. The summed E-state index contributed by atoms with van der Waals surface area (Å²) >= 11 is 12.3. The van der Waals surface area contributed by atoms with E-state index in [-0.39, 0.29) is 12.0 Å². The largest absolute Gasteiger partial charge is 0.380 e. The Hall–Kier alpha value is -1.22. The third-order valence-corrected chi connectivity index (χ3v) is 4.15. The van der Waals surface area contributed by atoms with Crippen LogP contribution in [0.4, 0.5) is 5.69 Å². The summed E-state index contributed by atoms with van der Waals surface area (Å²) in [5.41, 5.74) is 9.33. The summed E-state index contributed by atoms with van der Waals surface area (Å²) in [6, 6.07) is 14.1. The summed E-state index contributed by atoms with van der Waals surface area (Å²) in [5.74, 6) is 0.172. The van der Waals surface area contributed by atoms with E-state index in [0.717, 1.165) is 11.3 Å². The number of rotatable bonds is 2. The molecule has 0 aromatic heterocycles. The van der Waals surface area contributed by atoms with Crippen LogP contribution in [0.15, 0.2) is 42.5 Å². The zero-order valence-electron chi connectivity index (χ0n) is 10.2. The number of nitrogens with two attached hydrogens (primary N) is 1. The van der Waals surface area contributed by atoms with Crippen molar-refractivity contribution in [2.24, 2.45) is 5.73 Å². The molecule has 2 unspecified atom stereocenters. The molecule has 3 N–H and O–H groups in total. The molecule has 0 saturated carbocycles. The van der Waals surface area contributed by atoms with E-state index in [0.29, 0.717) is 16.6 Å². The fourth-order valence-electron chi connectivity index (χ4n) is 2.73. The summed E-state index contributed by atoms with van der Waals surface area (Å²) in [4.78, 5) is 0. The van der Waals surface area contributed by atoms with Crippen LogP contribution in [-0.2, 0) is 0 Å². The molecule has 0 saturated heterocycles. The van der Waals surface area contributed by atoms with Gasteiger partial charge in [-0.3, -0.25) is 0 Å². The highest BCUT2D eigenvalue weighted by Crippen LogP contribution is 2.42. The molecular weight excluding hydrogens is 279 g/mol. The highest BCUT2D eigenvalue weighted by molar-refractivity contribution is 6.35. The van der Waals surface area contributed by atoms with Crippen molar-refractivity contribution in [3.8, 4) is 0 Å². The molecule has 2 aromatic rings. The maximum atomic E-state index is 6.35. The number of nitrogens with one attached hydrogen (secondary N) is 1. The minimum Gasteiger partial charge on any atom is -0.380 e. The third kappa shape index (κ3) is 2.20. The molecule has 1 aliphatic heterocycles. The van der Waals surface area contributed by atoms with Crippen LogP contribution >= 0.6 is 23.2 Å². The second-order valence-corrected chi connectivity index (χ2v) is 5.56. The van der Waals surface area contributed by atoms with E-state index in [4.69, 9.17) is 28.9 Å². The molecule has 98 valence electrons. The molecule has 2 atom stereocenters. The molecule has 1 heterocycles. The first kappa shape index (κ1) is 12.8. The quantitative estimate of drug-likeness (QED) is 0.882. The number of anilines is 1. The molecule has 0 spiro atoms. The lowest BCUT2D eigenvalue weighted by Crippen LogP contribution is -2.30. The van der Waals surface area contributed by atoms with Crippen molar-refractivity contribution in [3.05, 3.63) is 63.6 Å². The molecule has 0 radical (unpaired) electrons. The van der Waals surface area contributed by atoms with Crippen LogP contribution in [0, 0.1) is 0 Å². The Morgan fingerprint density at radius 3 is 2.58 bits per heavy atom. The normalized spacial score (nSPS) is 21.0. The van der Waals surface area contributed by atoms with Crippen molar-refractivity contribution in [3.63, 3.8) is 0 Å². The van der Waals surface area contributed by atoms with Gasteiger partial charge in [-0.2, -0.15) is 0 Å². The van der Waals surface area contributed by atoms with Gasteiger partial charge in [0.05, 0.1) is 0 Å². The minimum atomic E-state index is 0.163. The van der Waals surface area contributed by atoms with Crippen LogP contribution in [0.1, 0.15) is 17.0 Å². The van der Waals surface area contributed by atoms with Crippen LogP contribution in [-0.4, -0.2) is 12.6 Å². The molecule has 0 bridgehead atoms. The van der Waals surface area contributed by atoms with Gasteiger partial charge in [0.1, 0.15) is 0 Å². The van der Waals surface area contributed by atoms with Crippen molar-refractivity contribution in [1.29, 1.82) is 0 Å². The fraction of sp³-hybridized carbons (Fsp3) is 0.200. The van der Waals surface area contributed by atoms with E-state index in [9.17, 15) is 0 Å². The van der Waals surface area contributed by atoms with Gasteiger partial charge in [-0.1, -0.05) is 47.5 Å². The zero-order valence-corrected chi connectivity index (χ0v) is 11.7. The summed E-state index contributed by atoms with van der Waals surface area (Å²) in [6.45, 7) is 0.554. The Morgan fingerprint density at radius 1 is 1.05 bits per heavy atom. The average molecular weight is 293 g/mol. The summed E-state index contributed by atoms with van der Waals surface area (Å²) in [7, 11) is 0. The number of para-hydroxylation sites is 1. The number of halogens is 2. The molecule has 3 rings (SSSR count). The van der Waals surface area contributed by atoms with Crippen LogP contribution in [0.5, 0.6) is 0 Å². The molecule has 2 nitrogen and oxygen atoms in total. The van der Waals surface area contributed by atoms with Gasteiger partial charge in [-0.15, -0.1) is 0 Å². The molecular formula is C15H14Cl2N2. The highest BCUT2D eigenvalue weighted by Gasteiger charge is 2.33. The SMILES string of the molecule is NCC1Nc2ccccc2C1c1ccc(Cl)cc1Cl. The van der Waals surface area contributed by atoms with Crippen molar-refractivity contribution in [2.75, 3.05) is 11.9 Å². The molecule has 0 amide bonds. The topological polar surface area (TPSA) is 38.0 Å². The molecule has 19 heavy (non-hydrogen) atoms. The third-order valence-electron chi connectivity index (χ3n) is 3.59.